The molecule has 0 aromatic heterocycles. The molecule has 0 aliphatic carbocycles. The summed E-state index contributed by atoms with van der Waals surface area (Å²) in [6, 6.07) is 9.48. The van der Waals surface area contributed by atoms with Crippen molar-refractivity contribution in [3.05, 3.63) is 62.1 Å². The van der Waals surface area contributed by atoms with E-state index >= 15 is 0 Å². The molecule has 0 N–H and O–H groups in total. The van der Waals surface area contributed by atoms with Crippen molar-refractivity contribution in [1.29, 1.82) is 0 Å². The van der Waals surface area contributed by atoms with Gasteiger partial charge in [0.15, 0.2) is 6.61 Å². The van der Waals surface area contributed by atoms with E-state index in [0.717, 1.165) is 12.0 Å². The fourth-order valence-corrected chi connectivity index (χ4v) is 3.12. The van der Waals surface area contributed by atoms with E-state index in [4.69, 9.17) is 27.9 Å². The molecule has 0 spiro atoms. The number of benzene rings is 2. The average molecular weight is 381 g/mol. The molecule has 0 fully saturated rings. The van der Waals surface area contributed by atoms with Crippen LogP contribution in [0.5, 0.6) is 5.75 Å². The van der Waals surface area contributed by atoms with Crippen LogP contribution in [-0.4, -0.2) is 24.0 Å². The molecule has 2 aromatic carbocycles. The number of hydrogen-bond acceptors (Lipinski definition) is 4. The molecule has 0 saturated carbocycles. The van der Waals surface area contributed by atoms with Gasteiger partial charge in [-0.15, -0.1) is 0 Å². The second-order valence-corrected chi connectivity index (χ2v) is 6.34. The number of anilines is 1. The van der Waals surface area contributed by atoms with Crippen molar-refractivity contribution in [2.45, 2.75) is 12.8 Å². The van der Waals surface area contributed by atoms with Gasteiger partial charge in [-0.2, -0.15) is 0 Å². The molecule has 6 nitrogen and oxygen atoms in total. The molecule has 2 aromatic rings. The third kappa shape index (κ3) is 3.70. The zero-order chi connectivity index (χ0) is 18.0. The Morgan fingerprint density at radius 3 is 2.84 bits per heavy atom. The Morgan fingerprint density at radius 1 is 1.28 bits per heavy atom. The minimum Gasteiger partial charge on any atom is -0.482 e. The molecule has 0 unspecified atom stereocenters. The van der Waals surface area contributed by atoms with Crippen molar-refractivity contribution in [2.75, 3.05) is 18.1 Å². The Bertz CT molecular complexity index is 841. The maximum Gasteiger partial charge on any atom is 0.269 e. The predicted molar refractivity (Wildman–Crippen MR) is 95.7 cm³/mol. The molecule has 3 rings (SSSR count). The quantitative estimate of drug-likeness (QED) is 0.586. The van der Waals surface area contributed by atoms with Crippen LogP contribution in [0.3, 0.4) is 0 Å². The normalized spacial score (nSPS) is 13.3. The summed E-state index contributed by atoms with van der Waals surface area (Å²) in [4.78, 5) is 24.6. The van der Waals surface area contributed by atoms with Crippen LogP contribution < -0.4 is 9.64 Å². The van der Waals surface area contributed by atoms with Crippen molar-refractivity contribution >= 4 is 40.5 Å². The van der Waals surface area contributed by atoms with Gasteiger partial charge in [0.05, 0.1) is 9.95 Å². The van der Waals surface area contributed by atoms with Crippen molar-refractivity contribution < 1.29 is 14.5 Å². The van der Waals surface area contributed by atoms with Crippen molar-refractivity contribution in [2.24, 2.45) is 0 Å². The van der Waals surface area contributed by atoms with Crippen LogP contribution in [-0.2, 0) is 11.2 Å². The highest BCUT2D eigenvalue weighted by atomic mass is 35.5. The van der Waals surface area contributed by atoms with Crippen molar-refractivity contribution in [3.63, 3.8) is 0 Å². The Morgan fingerprint density at radius 2 is 2.08 bits per heavy atom. The van der Waals surface area contributed by atoms with Gasteiger partial charge in [0.25, 0.3) is 11.6 Å². The van der Waals surface area contributed by atoms with E-state index in [1.807, 2.05) is 0 Å². The number of carbonyl (C=O) groups excluding carboxylic acids is 1. The maximum atomic E-state index is 12.5. The fraction of sp³-hybridized carbons (Fsp3) is 0.235. The molecule has 130 valence electrons. The molecule has 25 heavy (non-hydrogen) atoms. The summed E-state index contributed by atoms with van der Waals surface area (Å²) in [5.41, 5.74) is 1.49. The molecule has 0 saturated heterocycles. The number of fused-ring (bicyclic) bond motifs is 1. The highest BCUT2D eigenvalue weighted by molar-refractivity contribution is 6.42. The number of ether oxygens (including phenoxy) is 1. The predicted octanol–water partition coefficient (Wildman–Crippen LogP) is 4.26. The van der Waals surface area contributed by atoms with E-state index in [2.05, 4.69) is 0 Å². The molecule has 8 heteroatoms. The zero-order valence-electron chi connectivity index (χ0n) is 13.1. The first-order valence-electron chi connectivity index (χ1n) is 7.62. The number of non-ortho nitro benzene ring substituents is 1. The molecule has 0 atom stereocenters. The van der Waals surface area contributed by atoms with E-state index in [1.54, 1.807) is 29.2 Å². The van der Waals surface area contributed by atoms with E-state index in [1.165, 1.54) is 12.1 Å². The summed E-state index contributed by atoms with van der Waals surface area (Å²) in [5.74, 6) is 0.0919. The van der Waals surface area contributed by atoms with E-state index in [-0.39, 0.29) is 23.2 Å². The second-order valence-electron chi connectivity index (χ2n) is 5.56. The smallest absolute Gasteiger partial charge is 0.269 e. The Kier molecular flexibility index (Phi) is 5.11. The molecule has 0 radical (unpaired) electrons. The van der Waals surface area contributed by atoms with Crippen molar-refractivity contribution in [1.82, 2.24) is 0 Å². The van der Waals surface area contributed by atoms with Gasteiger partial charge in [-0.05, 0) is 36.6 Å². The monoisotopic (exact) mass is 380 g/mol. The minimum atomic E-state index is -0.439. The lowest BCUT2D eigenvalue weighted by molar-refractivity contribution is -0.384. The van der Waals surface area contributed by atoms with E-state index in [9.17, 15) is 14.9 Å². The van der Waals surface area contributed by atoms with Gasteiger partial charge >= 0.3 is 0 Å². The fourth-order valence-electron chi connectivity index (χ4n) is 2.77. The Labute approximate surface area is 154 Å². The topological polar surface area (TPSA) is 72.7 Å². The van der Waals surface area contributed by atoms with Crippen LogP contribution in [0.2, 0.25) is 10.0 Å². The molecule has 1 heterocycles. The number of nitrogens with zero attached hydrogens (tertiary/aromatic N) is 2. The van der Waals surface area contributed by atoms with Crippen LogP contribution in [0.1, 0.15) is 12.0 Å². The first-order chi connectivity index (χ1) is 12.0. The number of carbonyl (C=O) groups is 1. The van der Waals surface area contributed by atoms with Crippen LogP contribution in [0, 0.1) is 10.1 Å². The summed E-state index contributed by atoms with van der Waals surface area (Å²) >= 11 is 12.0. The second kappa shape index (κ2) is 7.29. The first-order valence-corrected chi connectivity index (χ1v) is 8.37. The van der Waals surface area contributed by atoms with Crippen molar-refractivity contribution in [3.8, 4) is 5.75 Å². The number of amides is 1. The lowest BCUT2D eigenvalue weighted by Crippen LogP contribution is -2.38. The summed E-state index contributed by atoms with van der Waals surface area (Å²) in [6.45, 7) is 0.340. The highest BCUT2D eigenvalue weighted by Gasteiger charge is 2.24. The largest absolute Gasteiger partial charge is 0.482 e. The van der Waals surface area contributed by atoms with Crippen LogP contribution in [0.4, 0.5) is 11.4 Å². The number of halogens is 2. The van der Waals surface area contributed by atoms with Gasteiger partial charge in [-0.25, -0.2) is 0 Å². The third-order valence-electron chi connectivity index (χ3n) is 3.96. The number of rotatable bonds is 4. The highest BCUT2D eigenvalue weighted by Crippen LogP contribution is 2.33. The summed E-state index contributed by atoms with van der Waals surface area (Å²) in [6.07, 6.45) is 1.43. The summed E-state index contributed by atoms with van der Waals surface area (Å²) in [5, 5.41) is 11.5. The lowest BCUT2D eigenvalue weighted by Gasteiger charge is -2.29. The molecule has 1 aliphatic rings. The van der Waals surface area contributed by atoms with E-state index in [0.29, 0.717) is 29.4 Å². The Hall–Kier alpha value is -2.31. The number of aryl methyl sites for hydroxylation is 1. The summed E-state index contributed by atoms with van der Waals surface area (Å²) in [7, 11) is 0. The Balaban J connectivity index is 1.76. The maximum absolute atomic E-state index is 12.5. The van der Waals surface area contributed by atoms with Crippen LogP contribution in [0.15, 0.2) is 36.4 Å². The van der Waals surface area contributed by atoms with Crippen LogP contribution in [0.25, 0.3) is 0 Å². The molecule has 0 bridgehead atoms. The molecular formula is C17H14Cl2N2O4. The summed E-state index contributed by atoms with van der Waals surface area (Å²) < 4.78 is 5.49. The van der Waals surface area contributed by atoms with Gasteiger partial charge in [0.2, 0.25) is 0 Å². The number of nitro benzene ring substituents is 1. The standard InChI is InChI=1S/C17H14Cl2N2O4/c18-13-4-1-5-15(17(13)19)25-10-16(22)20-8-2-3-11-9-12(21(23)24)6-7-14(11)20/h1,4-7,9H,2-3,8,10H2. The van der Waals surface area contributed by atoms with E-state index < -0.39 is 4.92 Å². The zero-order valence-corrected chi connectivity index (χ0v) is 14.6. The SMILES string of the molecule is O=C(COc1cccc(Cl)c1Cl)N1CCCc2cc([N+](=O)[O-])ccc21. The molecule has 1 amide bonds. The minimum absolute atomic E-state index is 0.0232. The molecule has 1 aliphatic heterocycles. The lowest BCUT2D eigenvalue weighted by atomic mass is 10.0. The van der Waals surface area contributed by atoms with Gasteiger partial charge in [0, 0.05) is 24.4 Å². The van der Waals surface area contributed by atoms with Gasteiger partial charge in [0.1, 0.15) is 10.8 Å². The number of nitro groups is 1. The van der Waals surface area contributed by atoms with Gasteiger partial charge in [-0.1, -0.05) is 29.3 Å². The third-order valence-corrected chi connectivity index (χ3v) is 4.76. The number of hydrogen-bond donors (Lipinski definition) is 0. The van der Waals surface area contributed by atoms with Gasteiger partial charge < -0.3 is 9.64 Å². The average Bonchev–Trinajstić information content (AvgIpc) is 2.61. The van der Waals surface area contributed by atoms with Crippen LogP contribution >= 0.6 is 23.2 Å². The van der Waals surface area contributed by atoms with Gasteiger partial charge in [-0.3, -0.25) is 14.9 Å². The first kappa shape index (κ1) is 17.5. The molecular weight excluding hydrogens is 367 g/mol.